The molecule has 4 heteroatoms. The molecule has 1 saturated carbocycles. The highest BCUT2D eigenvalue weighted by Crippen LogP contribution is 2.36. The zero-order valence-corrected chi connectivity index (χ0v) is 12.9. The van der Waals surface area contributed by atoms with Gasteiger partial charge in [-0.2, -0.15) is 0 Å². The minimum Gasteiger partial charge on any atom is -0.494 e. The van der Waals surface area contributed by atoms with Crippen molar-refractivity contribution >= 4 is 15.9 Å². The Kier molecular flexibility index (Phi) is 5.25. The van der Waals surface area contributed by atoms with Gasteiger partial charge in [0.05, 0.1) is 18.8 Å². The fourth-order valence-corrected chi connectivity index (χ4v) is 3.22. The molecule has 0 radical (unpaired) electrons. The van der Waals surface area contributed by atoms with E-state index in [4.69, 9.17) is 10.5 Å². The van der Waals surface area contributed by atoms with Crippen molar-refractivity contribution in [1.29, 1.82) is 0 Å². The van der Waals surface area contributed by atoms with Crippen molar-refractivity contribution < 1.29 is 9.84 Å². The molecule has 1 fully saturated rings. The van der Waals surface area contributed by atoms with Gasteiger partial charge in [0.1, 0.15) is 5.75 Å². The maximum absolute atomic E-state index is 10.5. The summed E-state index contributed by atoms with van der Waals surface area (Å²) in [6, 6.07) is 5.41. The van der Waals surface area contributed by atoms with Crippen LogP contribution in [0.15, 0.2) is 22.7 Å². The van der Waals surface area contributed by atoms with Crippen LogP contribution in [0, 0.1) is 5.92 Å². The van der Waals surface area contributed by atoms with Crippen LogP contribution in [-0.2, 0) is 0 Å². The average Bonchev–Trinajstić information content (AvgIpc) is 2.93. The van der Waals surface area contributed by atoms with Crippen molar-refractivity contribution in [3.05, 3.63) is 28.2 Å². The number of hydrogen-bond donors (Lipinski definition) is 2. The molecular formula is C15H22BrNO2. The second-order valence-corrected chi connectivity index (χ2v) is 6.09. The lowest BCUT2D eigenvalue weighted by atomic mass is 9.90. The van der Waals surface area contributed by atoms with Gasteiger partial charge in [-0.15, -0.1) is 0 Å². The molecule has 1 aliphatic rings. The minimum absolute atomic E-state index is 0.323. The van der Waals surface area contributed by atoms with E-state index in [1.807, 2.05) is 25.1 Å². The summed E-state index contributed by atoms with van der Waals surface area (Å²) >= 11 is 3.46. The Morgan fingerprint density at radius 3 is 2.74 bits per heavy atom. The van der Waals surface area contributed by atoms with Gasteiger partial charge in [0.2, 0.25) is 0 Å². The van der Waals surface area contributed by atoms with Gasteiger partial charge >= 0.3 is 0 Å². The normalized spacial score (nSPS) is 19.4. The van der Waals surface area contributed by atoms with Crippen molar-refractivity contribution in [1.82, 2.24) is 0 Å². The summed E-state index contributed by atoms with van der Waals surface area (Å²) in [6.45, 7) is 2.55. The molecule has 0 aromatic heterocycles. The Morgan fingerprint density at radius 2 is 2.11 bits per heavy atom. The Labute approximate surface area is 123 Å². The van der Waals surface area contributed by atoms with Gasteiger partial charge in [-0.3, -0.25) is 0 Å². The molecule has 0 amide bonds. The van der Waals surface area contributed by atoms with Crippen LogP contribution in [0.5, 0.6) is 5.75 Å². The largest absolute Gasteiger partial charge is 0.494 e. The second-order valence-electron chi connectivity index (χ2n) is 5.18. The lowest BCUT2D eigenvalue weighted by Crippen LogP contribution is -2.32. The van der Waals surface area contributed by atoms with Crippen LogP contribution in [0.1, 0.15) is 44.2 Å². The topological polar surface area (TPSA) is 55.5 Å². The first-order valence-electron chi connectivity index (χ1n) is 6.99. The number of aliphatic hydroxyl groups excluding tert-OH is 1. The van der Waals surface area contributed by atoms with Gasteiger partial charge in [0.25, 0.3) is 0 Å². The molecule has 0 spiro atoms. The molecule has 19 heavy (non-hydrogen) atoms. The van der Waals surface area contributed by atoms with Crippen LogP contribution in [0.25, 0.3) is 0 Å². The third kappa shape index (κ3) is 3.50. The first-order valence-corrected chi connectivity index (χ1v) is 7.78. The first kappa shape index (κ1) is 14.8. The minimum atomic E-state index is -0.490. The van der Waals surface area contributed by atoms with E-state index in [2.05, 4.69) is 15.9 Å². The fourth-order valence-electron chi connectivity index (χ4n) is 2.84. The molecule has 0 saturated heterocycles. The lowest BCUT2D eigenvalue weighted by molar-refractivity contribution is 0.0833. The van der Waals surface area contributed by atoms with Crippen LogP contribution < -0.4 is 10.5 Å². The maximum atomic E-state index is 10.5. The summed E-state index contributed by atoms with van der Waals surface area (Å²) in [4.78, 5) is 0. The molecule has 3 N–H and O–H groups in total. The predicted octanol–water partition coefficient (Wildman–Crippen LogP) is 3.40. The Bertz CT molecular complexity index is 419. The zero-order valence-electron chi connectivity index (χ0n) is 11.3. The van der Waals surface area contributed by atoms with E-state index in [0.717, 1.165) is 28.6 Å². The first-order chi connectivity index (χ1) is 9.13. The maximum Gasteiger partial charge on any atom is 0.124 e. The Balaban J connectivity index is 2.20. The molecule has 2 rings (SSSR count). The SMILES string of the molecule is CCOc1ccc(Br)cc1[C@@H](N)[C@@H](O)C1CCCC1. The molecule has 1 aromatic rings. The molecular weight excluding hydrogens is 306 g/mol. The van der Waals surface area contributed by atoms with Gasteiger partial charge < -0.3 is 15.6 Å². The summed E-state index contributed by atoms with van der Waals surface area (Å²) in [6.07, 6.45) is 4.06. The third-order valence-corrected chi connectivity index (χ3v) is 4.37. The molecule has 106 valence electrons. The van der Waals surface area contributed by atoms with Crippen LogP contribution in [0.2, 0.25) is 0 Å². The summed E-state index contributed by atoms with van der Waals surface area (Å²) < 4.78 is 6.57. The number of rotatable bonds is 5. The van der Waals surface area contributed by atoms with Gasteiger partial charge in [0.15, 0.2) is 0 Å². The van der Waals surface area contributed by atoms with E-state index in [-0.39, 0.29) is 6.04 Å². The van der Waals surface area contributed by atoms with Crippen LogP contribution in [0.3, 0.4) is 0 Å². The van der Waals surface area contributed by atoms with E-state index >= 15 is 0 Å². The molecule has 0 aliphatic heterocycles. The Morgan fingerprint density at radius 1 is 1.42 bits per heavy atom. The van der Waals surface area contributed by atoms with Crippen molar-refractivity contribution in [3.8, 4) is 5.75 Å². The van der Waals surface area contributed by atoms with Crippen molar-refractivity contribution in [2.45, 2.75) is 44.8 Å². The molecule has 1 aromatic carbocycles. The van der Waals surface area contributed by atoms with Crippen molar-refractivity contribution in [2.24, 2.45) is 11.7 Å². The monoisotopic (exact) mass is 327 g/mol. The number of benzene rings is 1. The number of ether oxygens (including phenoxy) is 1. The van der Waals surface area contributed by atoms with Gasteiger partial charge in [0, 0.05) is 10.0 Å². The molecule has 2 atom stereocenters. The standard InChI is InChI=1S/C15H22BrNO2/c1-2-19-13-8-7-11(16)9-12(13)14(17)15(18)10-5-3-4-6-10/h7-10,14-15,18H,2-6,17H2,1H3/t14-,15+/m1/s1. The van der Waals surface area contributed by atoms with Crippen molar-refractivity contribution in [2.75, 3.05) is 6.61 Å². The van der Waals surface area contributed by atoms with Crippen LogP contribution in [0.4, 0.5) is 0 Å². The van der Waals surface area contributed by atoms with Crippen LogP contribution in [-0.4, -0.2) is 17.8 Å². The van der Waals surface area contributed by atoms with E-state index in [1.54, 1.807) is 0 Å². The van der Waals surface area contributed by atoms with Gasteiger partial charge in [-0.1, -0.05) is 28.8 Å². The van der Waals surface area contributed by atoms with Gasteiger partial charge in [-0.25, -0.2) is 0 Å². The summed E-state index contributed by atoms with van der Waals surface area (Å²) in [5, 5.41) is 10.5. The highest BCUT2D eigenvalue weighted by Gasteiger charge is 2.30. The second kappa shape index (κ2) is 6.73. The fraction of sp³-hybridized carbons (Fsp3) is 0.600. The summed E-state index contributed by atoms with van der Waals surface area (Å²) in [5.74, 6) is 1.10. The average molecular weight is 328 g/mol. The van der Waals surface area contributed by atoms with Gasteiger partial charge in [-0.05, 0) is 43.9 Å². The smallest absolute Gasteiger partial charge is 0.124 e. The van der Waals surface area contributed by atoms with Crippen molar-refractivity contribution in [3.63, 3.8) is 0 Å². The number of halogens is 1. The zero-order chi connectivity index (χ0) is 13.8. The molecule has 1 aliphatic carbocycles. The number of aliphatic hydroxyl groups is 1. The quantitative estimate of drug-likeness (QED) is 0.871. The number of nitrogens with two attached hydrogens (primary N) is 1. The molecule has 0 heterocycles. The molecule has 3 nitrogen and oxygen atoms in total. The molecule has 0 bridgehead atoms. The summed E-state index contributed by atoms with van der Waals surface area (Å²) in [5.41, 5.74) is 7.15. The van der Waals surface area contributed by atoms with Crippen LogP contribution >= 0.6 is 15.9 Å². The van der Waals surface area contributed by atoms with E-state index < -0.39 is 6.10 Å². The Hall–Kier alpha value is -0.580. The highest BCUT2D eigenvalue weighted by atomic mass is 79.9. The summed E-state index contributed by atoms with van der Waals surface area (Å²) in [7, 11) is 0. The molecule has 0 unspecified atom stereocenters. The highest BCUT2D eigenvalue weighted by molar-refractivity contribution is 9.10. The third-order valence-electron chi connectivity index (χ3n) is 3.88. The lowest BCUT2D eigenvalue weighted by Gasteiger charge is -2.26. The van der Waals surface area contributed by atoms with E-state index in [1.165, 1.54) is 12.8 Å². The van der Waals surface area contributed by atoms with E-state index in [0.29, 0.717) is 12.5 Å². The predicted molar refractivity (Wildman–Crippen MR) is 80.2 cm³/mol. The number of hydrogen-bond acceptors (Lipinski definition) is 3. The van der Waals surface area contributed by atoms with E-state index in [9.17, 15) is 5.11 Å².